The molecule has 19 heavy (non-hydrogen) atoms. The highest BCUT2D eigenvalue weighted by Crippen LogP contribution is 2.28. The molecule has 1 saturated heterocycles. The second-order valence-electron chi connectivity index (χ2n) is 5.22. The summed E-state index contributed by atoms with van der Waals surface area (Å²) >= 11 is 0. The van der Waals surface area contributed by atoms with Crippen molar-refractivity contribution in [1.29, 1.82) is 0 Å². The molecule has 2 aliphatic rings. The van der Waals surface area contributed by atoms with Crippen LogP contribution < -0.4 is 0 Å². The quantitative estimate of drug-likeness (QED) is 0.578. The maximum Gasteiger partial charge on any atom is 0.338 e. The van der Waals surface area contributed by atoms with Gasteiger partial charge in [-0.05, 0) is 37.7 Å². The molecule has 0 spiro atoms. The molecule has 1 fully saturated rings. The van der Waals surface area contributed by atoms with E-state index in [1.54, 1.807) is 0 Å². The molecule has 106 valence electrons. The second-order valence-corrected chi connectivity index (χ2v) is 5.22. The summed E-state index contributed by atoms with van der Waals surface area (Å²) in [7, 11) is 0. The molecule has 4 heteroatoms. The molecule has 1 aliphatic carbocycles. The van der Waals surface area contributed by atoms with Gasteiger partial charge in [-0.25, -0.2) is 4.79 Å². The van der Waals surface area contributed by atoms with Crippen molar-refractivity contribution in [3.63, 3.8) is 0 Å². The molecule has 0 aromatic heterocycles. The van der Waals surface area contributed by atoms with E-state index < -0.39 is 6.10 Å². The van der Waals surface area contributed by atoms with E-state index in [0.29, 0.717) is 32.3 Å². The van der Waals surface area contributed by atoms with Gasteiger partial charge in [-0.1, -0.05) is 18.2 Å². The molecule has 0 saturated carbocycles. The van der Waals surface area contributed by atoms with E-state index in [2.05, 4.69) is 19.6 Å². The summed E-state index contributed by atoms with van der Waals surface area (Å²) in [6.07, 6.45) is 4.70. The lowest BCUT2D eigenvalue weighted by atomic mass is 9.86. The molecule has 2 atom stereocenters. The normalized spacial score (nSPS) is 27.5. The lowest BCUT2D eigenvalue weighted by Gasteiger charge is -2.24. The zero-order valence-corrected chi connectivity index (χ0v) is 11.5. The standard InChI is InChI=1S/C15H22O4/c1-11(2)13-5-3-12(4-6-13)9-19-15(16)14-10-17-7-8-18-14/h3,13-14H,1,4-10H2,2H3/t13-,14+/m0/s1. The highest BCUT2D eigenvalue weighted by Gasteiger charge is 2.24. The molecule has 2 rings (SSSR count). The van der Waals surface area contributed by atoms with Crippen molar-refractivity contribution in [3.8, 4) is 0 Å². The zero-order chi connectivity index (χ0) is 13.7. The Balaban J connectivity index is 1.73. The van der Waals surface area contributed by atoms with Gasteiger partial charge < -0.3 is 14.2 Å². The van der Waals surface area contributed by atoms with Gasteiger partial charge in [0.1, 0.15) is 6.61 Å². The fourth-order valence-corrected chi connectivity index (χ4v) is 2.35. The number of carbonyl (C=O) groups excluding carboxylic acids is 1. The highest BCUT2D eigenvalue weighted by atomic mass is 16.6. The lowest BCUT2D eigenvalue weighted by molar-refractivity contribution is -0.169. The average Bonchev–Trinajstić information content (AvgIpc) is 2.46. The van der Waals surface area contributed by atoms with Gasteiger partial charge in [0.05, 0.1) is 19.8 Å². The molecule has 4 nitrogen and oxygen atoms in total. The van der Waals surface area contributed by atoms with Crippen LogP contribution in [0.15, 0.2) is 23.8 Å². The van der Waals surface area contributed by atoms with Crippen LogP contribution in [0.4, 0.5) is 0 Å². The largest absolute Gasteiger partial charge is 0.459 e. The van der Waals surface area contributed by atoms with Gasteiger partial charge in [0.25, 0.3) is 0 Å². The van der Waals surface area contributed by atoms with E-state index in [0.717, 1.165) is 19.3 Å². The first-order chi connectivity index (χ1) is 9.16. The Kier molecular flexibility index (Phi) is 5.16. The minimum atomic E-state index is -0.555. The number of allylic oxidation sites excluding steroid dienone is 2. The van der Waals surface area contributed by atoms with Crippen LogP contribution in [0.1, 0.15) is 26.2 Å². The summed E-state index contributed by atoms with van der Waals surface area (Å²) in [5, 5.41) is 0. The third kappa shape index (κ3) is 4.18. The molecule has 0 aromatic carbocycles. The van der Waals surface area contributed by atoms with E-state index in [-0.39, 0.29) is 5.97 Å². The summed E-state index contributed by atoms with van der Waals surface area (Å²) in [6, 6.07) is 0. The Morgan fingerprint density at radius 3 is 2.95 bits per heavy atom. The number of esters is 1. The van der Waals surface area contributed by atoms with Crippen LogP contribution in [0.25, 0.3) is 0 Å². The summed E-state index contributed by atoms with van der Waals surface area (Å²) < 4.78 is 15.8. The fraction of sp³-hybridized carbons (Fsp3) is 0.667. The maximum absolute atomic E-state index is 11.7. The molecular weight excluding hydrogens is 244 g/mol. The fourth-order valence-electron chi connectivity index (χ4n) is 2.35. The first-order valence-electron chi connectivity index (χ1n) is 6.86. The van der Waals surface area contributed by atoms with Gasteiger partial charge >= 0.3 is 5.97 Å². The summed E-state index contributed by atoms with van der Waals surface area (Å²) in [5.74, 6) is 0.261. The Morgan fingerprint density at radius 1 is 1.53 bits per heavy atom. The number of ether oxygens (including phenoxy) is 3. The second kappa shape index (κ2) is 6.87. The molecular formula is C15H22O4. The van der Waals surface area contributed by atoms with E-state index in [9.17, 15) is 4.79 Å². The van der Waals surface area contributed by atoms with Crippen LogP contribution in [0.5, 0.6) is 0 Å². The van der Waals surface area contributed by atoms with Crippen LogP contribution in [-0.2, 0) is 19.0 Å². The van der Waals surface area contributed by atoms with Gasteiger partial charge in [-0.2, -0.15) is 0 Å². The Bertz CT molecular complexity index is 366. The van der Waals surface area contributed by atoms with Gasteiger partial charge in [0.2, 0.25) is 0 Å². The molecule has 0 unspecified atom stereocenters. The van der Waals surface area contributed by atoms with E-state index in [1.807, 2.05) is 0 Å². The van der Waals surface area contributed by atoms with E-state index >= 15 is 0 Å². The molecule has 0 amide bonds. The molecule has 0 aromatic rings. The predicted octanol–water partition coefficient (Wildman–Crippen LogP) is 2.25. The third-order valence-electron chi connectivity index (χ3n) is 3.68. The predicted molar refractivity (Wildman–Crippen MR) is 71.8 cm³/mol. The Labute approximate surface area is 114 Å². The summed E-state index contributed by atoms with van der Waals surface area (Å²) in [5.41, 5.74) is 2.43. The average molecular weight is 266 g/mol. The Hall–Kier alpha value is -1.13. The lowest BCUT2D eigenvalue weighted by Crippen LogP contribution is -2.37. The van der Waals surface area contributed by atoms with Crippen LogP contribution in [-0.4, -0.2) is 38.5 Å². The van der Waals surface area contributed by atoms with Crippen molar-refractivity contribution >= 4 is 5.97 Å². The smallest absolute Gasteiger partial charge is 0.338 e. The van der Waals surface area contributed by atoms with E-state index in [1.165, 1.54) is 11.1 Å². The van der Waals surface area contributed by atoms with Crippen molar-refractivity contribution in [2.24, 2.45) is 5.92 Å². The van der Waals surface area contributed by atoms with Gasteiger partial charge in [0.15, 0.2) is 6.10 Å². The van der Waals surface area contributed by atoms with Crippen LogP contribution in [0, 0.1) is 5.92 Å². The van der Waals surface area contributed by atoms with Crippen molar-refractivity contribution in [2.45, 2.75) is 32.3 Å². The minimum Gasteiger partial charge on any atom is -0.459 e. The number of carbonyl (C=O) groups is 1. The summed E-state index contributed by atoms with van der Waals surface area (Å²) in [4.78, 5) is 11.7. The Morgan fingerprint density at radius 2 is 2.37 bits per heavy atom. The van der Waals surface area contributed by atoms with Crippen molar-refractivity contribution in [3.05, 3.63) is 23.8 Å². The van der Waals surface area contributed by atoms with E-state index in [4.69, 9.17) is 14.2 Å². The summed E-state index contributed by atoms with van der Waals surface area (Å²) in [6.45, 7) is 7.76. The maximum atomic E-state index is 11.7. The zero-order valence-electron chi connectivity index (χ0n) is 11.5. The molecule has 1 heterocycles. The van der Waals surface area contributed by atoms with Gasteiger partial charge in [-0.15, -0.1) is 0 Å². The first kappa shape index (κ1) is 14.3. The number of rotatable bonds is 4. The van der Waals surface area contributed by atoms with Crippen molar-refractivity contribution in [2.75, 3.05) is 26.4 Å². The van der Waals surface area contributed by atoms with Gasteiger partial charge in [0, 0.05) is 0 Å². The first-order valence-corrected chi connectivity index (χ1v) is 6.86. The molecule has 0 N–H and O–H groups in total. The third-order valence-corrected chi connectivity index (χ3v) is 3.68. The minimum absolute atomic E-state index is 0.301. The monoisotopic (exact) mass is 266 g/mol. The molecule has 0 radical (unpaired) electrons. The van der Waals surface area contributed by atoms with Crippen molar-refractivity contribution in [1.82, 2.24) is 0 Å². The SMILES string of the molecule is C=C(C)[C@H]1CC=C(COC(=O)[C@H]2COCCO2)CC1. The van der Waals surface area contributed by atoms with Gasteiger partial charge in [-0.3, -0.25) is 0 Å². The molecule has 0 bridgehead atoms. The highest BCUT2D eigenvalue weighted by molar-refractivity contribution is 5.75. The topological polar surface area (TPSA) is 44.8 Å². The van der Waals surface area contributed by atoms with Crippen LogP contribution >= 0.6 is 0 Å². The number of hydrogen-bond acceptors (Lipinski definition) is 4. The van der Waals surface area contributed by atoms with Crippen LogP contribution in [0.2, 0.25) is 0 Å². The van der Waals surface area contributed by atoms with Crippen molar-refractivity contribution < 1.29 is 19.0 Å². The van der Waals surface area contributed by atoms with Crippen LogP contribution in [0.3, 0.4) is 0 Å². The molecule has 1 aliphatic heterocycles. The number of hydrogen-bond donors (Lipinski definition) is 0.